The van der Waals surface area contributed by atoms with E-state index in [1.807, 2.05) is 23.9 Å². The first kappa shape index (κ1) is 24.4. The molecule has 0 spiro atoms. The molecule has 0 aliphatic carbocycles. The molecule has 0 bridgehead atoms. The summed E-state index contributed by atoms with van der Waals surface area (Å²) >= 11 is 1.98. The van der Waals surface area contributed by atoms with Gasteiger partial charge in [-0.25, -0.2) is 4.85 Å². The van der Waals surface area contributed by atoms with Crippen molar-refractivity contribution in [3.63, 3.8) is 0 Å². The predicted molar refractivity (Wildman–Crippen MR) is 182 cm³/mol. The highest BCUT2D eigenvalue weighted by molar-refractivity contribution is 7.97. The summed E-state index contributed by atoms with van der Waals surface area (Å²) in [5.41, 5.74) is 13.1. The van der Waals surface area contributed by atoms with Crippen LogP contribution in [0.15, 0.2) is 127 Å². The van der Waals surface area contributed by atoms with Crippen LogP contribution in [0.1, 0.15) is 11.1 Å². The first-order valence-corrected chi connectivity index (χ1v) is 15.7. The summed E-state index contributed by atoms with van der Waals surface area (Å²) in [6.45, 7) is 7.54. The Balaban J connectivity index is 1.24. The Morgan fingerprint density at radius 2 is 1.05 bits per heavy atom. The minimum atomic E-state index is 0.671. The van der Waals surface area contributed by atoms with E-state index in [0.717, 1.165) is 33.6 Å². The molecule has 0 fully saturated rings. The van der Waals surface area contributed by atoms with E-state index in [-0.39, 0.29) is 0 Å². The molecule has 0 amide bonds. The van der Waals surface area contributed by atoms with Crippen molar-refractivity contribution in [3.05, 3.63) is 150 Å². The summed E-state index contributed by atoms with van der Waals surface area (Å²) < 4.78 is 4.76. The second-order valence-electron chi connectivity index (χ2n) is 11.2. The highest BCUT2D eigenvalue weighted by Crippen LogP contribution is 2.41. The van der Waals surface area contributed by atoms with Crippen LogP contribution in [0, 0.1) is 6.57 Å². The first-order chi connectivity index (χ1) is 21.3. The van der Waals surface area contributed by atoms with E-state index in [1.165, 1.54) is 55.1 Å². The van der Waals surface area contributed by atoms with Gasteiger partial charge < -0.3 is 9.13 Å². The van der Waals surface area contributed by atoms with E-state index < -0.39 is 0 Å². The zero-order valence-electron chi connectivity index (χ0n) is 23.3. The maximum absolute atomic E-state index is 7.54. The highest BCUT2D eigenvalue weighted by atomic mass is 32.2. The molecule has 8 aromatic rings. The van der Waals surface area contributed by atoms with Gasteiger partial charge in [-0.1, -0.05) is 72.8 Å². The third-order valence-electron chi connectivity index (χ3n) is 8.87. The molecule has 1 aliphatic heterocycles. The van der Waals surface area contributed by atoms with Gasteiger partial charge in [-0.05, 0) is 82.2 Å². The molecular formula is C39H25N3S. The molecule has 9 rings (SSSR count). The fraction of sp³-hybridized carbons (Fsp3) is 0.0513. The fourth-order valence-electron chi connectivity index (χ4n) is 6.96. The molecule has 0 radical (unpaired) electrons. The predicted octanol–water partition coefficient (Wildman–Crippen LogP) is 10.8. The SMILES string of the molecule is [C-]#[N+]c1ccc2c(c1)c1ccccc1n2-c1ccc2c(c1)CSCc1ccc(-n3c4ccccc4c4ccccc43)cc1-2. The van der Waals surface area contributed by atoms with Crippen molar-refractivity contribution in [2.24, 2.45) is 0 Å². The van der Waals surface area contributed by atoms with Crippen molar-refractivity contribution in [3.8, 4) is 22.5 Å². The van der Waals surface area contributed by atoms with E-state index in [2.05, 4.69) is 129 Å². The van der Waals surface area contributed by atoms with Gasteiger partial charge in [-0.2, -0.15) is 11.8 Å². The van der Waals surface area contributed by atoms with Crippen LogP contribution >= 0.6 is 11.8 Å². The van der Waals surface area contributed by atoms with E-state index in [0.29, 0.717) is 5.69 Å². The molecule has 202 valence electrons. The minimum absolute atomic E-state index is 0.671. The van der Waals surface area contributed by atoms with Crippen molar-refractivity contribution in [2.75, 3.05) is 0 Å². The lowest BCUT2D eigenvalue weighted by molar-refractivity contribution is 1.16. The number of para-hydroxylation sites is 3. The Kier molecular flexibility index (Phi) is 5.32. The van der Waals surface area contributed by atoms with E-state index in [1.54, 1.807) is 0 Å². The molecule has 1 aliphatic rings. The van der Waals surface area contributed by atoms with Crippen molar-refractivity contribution in [2.45, 2.75) is 11.5 Å². The molecule has 0 saturated heterocycles. The van der Waals surface area contributed by atoms with Gasteiger partial charge in [0, 0.05) is 39.0 Å². The van der Waals surface area contributed by atoms with Gasteiger partial charge in [0.05, 0.1) is 28.6 Å². The van der Waals surface area contributed by atoms with Crippen molar-refractivity contribution in [1.29, 1.82) is 0 Å². The van der Waals surface area contributed by atoms with Gasteiger partial charge in [0.2, 0.25) is 0 Å². The van der Waals surface area contributed by atoms with Crippen LogP contribution in [0.5, 0.6) is 0 Å². The number of benzene rings is 6. The number of aromatic nitrogens is 2. The van der Waals surface area contributed by atoms with Crippen LogP contribution in [0.2, 0.25) is 0 Å². The molecule has 43 heavy (non-hydrogen) atoms. The molecule has 0 unspecified atom stereocenters. The Bertz CT molecular complexity index is 2400. The summed E-state index contributed by atoms with van der Waals surface area (Å²) in [6.07, 6.45) is 0. The number of nitrogens with zero attached hydrogens (tertiary/aromatic N) is 3. The largest absolute Gasteiger partial charge is 0.309 e. The summed E-state index contributed by atoms with van der Waals surface area (Å²) in [4.78, 5) is 3.69. The van der Waals surface area contributed by atoms with Gasteiger partial charge in [-0.15, -0.1) is 0 Å². The fourth-order valence-corrected chi connectivity index (χ4v) is 7.99. The lowest BCUT2D eigenvalue weighted by Crippen LogP contribution is -1.98. The Morgan fingerprint density at radius 3 is 1.72 bits per heavy atom. The Hall–Kier alpha value is -5.24. The zero-order valence-corrected chi connectivity index (χ0v) is 24.1. The van der Waals surface area contributed by atoms with Gasteiger partial charge >= 0.3 is 0 Å². The molecule has 3 nitrogen and oxygen atoms in total. The number of hydrogen-bond acceptors (Lipinski definition) is 1. The standard InChI is InChI=1S/C39H25N3S/c1-40-27-15-19-39-35(21-27)33-10-4-7-13-38(33)41(39)28-17-18-30-26(20-28)24-43-23-25-14-16-29(22-34(25)30)42-36-11-5-2-8-31(36)32-9-3-6-12-37(32)42/h2-22H,23-24H2. The topological polar surface area (TPSA) is 14.2 Å². The summed E-state index contributed by atoms with van der Waals surface area (Å²) in [7, 11) is 0. The highest BCUT2D eigenvalue weighted by Gasteiger charge is 2.20. The van der Waals surface area contributed by atoms with Crippen molar-refractivity contribution in [1.82, 2.24) is 9.13 Å². The van der Waals surface area contributed by atoms with Gasteiger partial charge in [0.15, 0.2) is 5.69 Å². The van der Waals surface area contributed by atoms with Crippen LogP contribution in [0.3, 0.4) is 0 Å². The first-order valence-electron chi connectivity index (χ1n) is 14.5. The maximum atomic E-state index is 7.54. The molecule has 4 heteroatoms. The molecule has 3 heterocycles. The summed E-state index contributed by atoms with van der Waals surface area (Å²) in [5.74, 6) is 1.95. The Labute approximate surface area is 253 Å². The average Bonchev–Trinajstić information content (AvgIpc) is 3.50. The smallest absolute Gasteiger partial charge is 0.188 e. The number of thioether (sulfide) groups is 1. The van der Waals surface area contributed by atoms with E-state index in [9.17, 15) is 0 Å². The maximum Gasteiger partial charge on any atom is 0.188 e. The van der Waals surface area contributed by atoms with Gasteiger partial charge in [-0.3, -0.25) is 0 Å². The molecule has 2 aromatic heterocycles. The second kappa shape index (κ2) is 9.39. The van der Waals surface area contributed by atoms with E-state index in [4.69, 9.17) is 6.57 Å². The van der Waals surface area contributed by atoms with E-state index >= 15 is 0 Å². The normalized spacial score (nSPS) is 12.8. The summed E-state index contributed by atoms with van der Waals surface area (Å²) in [6, 6.07) is 45.9. The summed E-state index contributed by atoms with van der Waals surface area (Å²) in [5, 5.41) is 4.86. The molecule has 6 aromatic carbocycles. The average molecular weight is 568 g/mol. The quantitative estimate of drug-likeness (QED) is 0.190. The second-order valence-corrected chi connectivity index (χ2v) is 12.2. The van der Waals surface area contributed by atoms with Crippen LogP contribution in [-0.2, 0) is 11.5 Å². The monoisotopic (exact) mass is 567 g/mol. The third-order valence-corrected chi connectivity index (χ3v) is 9.90. The molecule has 0 N–H and O–H groups in total. The lowest BCUT2D eigenvalue weighted by Gasteiger charge is -2.16. The van der Waals surface area contributed by atoms with Crippen molar-refractivity contribution < 1.29 is 0 Å². The zero-order chi connectivity index (χ0) is 28.5. The van der Waals surface area contributed by atoms with Crippen LogP contribution in [-0.4, -0.2) is 9.13 Å². The number of fused-ring (bicyclic) bond motifs is 9. The third kappa shape index (κ3) is 3.62. The van der Waals surface area contributed by atoms with Gasteiger partial charge in [0.25, 0.3) is 0 Å². The molecular weight excluding hydrogens is 543 g/mol. The Morgan fingerprint density at radius 1 is 0.488 bits per heavy atom. The van der Waals surface area contributed by atoms with Crippen LogP contribution in [0.4, 0.5) is 5.69 Å². The van der Waals surface area contributed by atoms with Crippen LogP contribution in [0.25, 0.3) is 71.0 Å². The van der Waals surface area contributed by atoms with Crippen LogP contribution < -0.4 is 0 Å². The molecule has 0 atom stereocenters. The van der Waals surface area contributed by atoms with Crippen molar-refractivity contribution >= 4 is 61.1 Å². The minimum Gasteiger partial charge on any atom is -0.309 e. The van der Waals surface area contributed by atoms with Gasteiger partial charge in [0.1, 0.15) is 0 Å². The molecule has 0 saturated carbocycles. The lowest BCUT2D eigenvalue weighted by atomic mass is 9.95. The number of hydrogen-bond donors (Lipinski definition) is 0. The number of rotatable bonds is 2.